The second-order valence-corrected chi connectivity index (χ2v) is 5.68. The van der Waals surface area contributed by atoms with Gasteiger partial charge in [-0.1, -0.05) is 15.9 Å². The number of hydrogen-bond acceptors (Lipinski definition) is 2. The molecule has 0 unspecified atom stereocenters. The summed E-state index contributed by atoms with van der Waals surface area (Å²) < 4.78 is 1.72. The van der Waals surface area contributed by atoms with Gasteiger partial charge in [-0.25, -0.2) is 0 Å². The number of aromatic nitrogens is 2. The molecule has 2 rings (SSSR count). The lowest BCUT2D eigenvalue weighted by Crippen LogP contribution is -2.30. The van der Waals surface area contributed by atoms with Crippen molar-refractivity contribution in [2.45, 2.75) is 26.2 Å². The van der Waals surface area contributed by atoms with E-state index in [4.69, 9.17) is 0 Å². The number of nitrogens with one attached hydrogen (secondary N) is 1. The quantitative estimate of drug-likeness (QED) is 0.846. The number of carbonyl (C=O) groups is 1. The van der Waals surface area contributed by atoms with Gasteiger partial charge in [0.25, 0.3) is 5.91 Å². The van der Waals surface area contributed by atoms with Crippen LogP contribution >= 0.6 is 15.9 Å². The molecule has 4 nitrogen and oxygen atoms in total. The van der Waals surface area contributed by atoms with E-state index >= 15 is 0 Å². The lowest BCUT2D eigenvalue weighted by Gasteiger charge is -2.14. The third-order valence-corrected chi connectivity index (χ3v) is 4.08. The van der Waals surface area contributed by atoms with Crippen LogP contribution in [0.5, 0.6) is 0 Å². The van der Waals surface area contributed by atoms with E-state index in [9.17, 15) is 4.79 Å². The summed E-state index contributed by atoms with van der Waals surface area (Å²) >= 11 is 3.47. The maximum absolute atomic E-state index is 12.0. The van der Waals surface area contributed by atoms with Crippen molar-refractivity contribution in [1.29, 1.82) is 0 Å². The molecule has 0 bridgehead atoms. The molecule has 1 fully saturated rings. The van der Waals surface area contributed by atoms with Crippen LogP contribution in [0.1, 0.15) is 35.3 Å². The van der Waals surface area contributed by atoms with Crippen molar-refractivity contribution in [1.82, 2.24) is 15.1 Å². The van der Waals surface area contributed by atoms with Gasteiger partial charge in [0.2, 0.25) is 0 Å². The van der Waals surface area contributed by atoms with Crippen LogP contribution in [-0.4, -0.2) is 27.6 Å². The second kappa shape index (κ2) is 4.80. The van der Waals surface area contributed by atoms with Crippen molar-refractivity contribution in [3.63, 3.8) is 0 Å². The Hall–Kier alpha value is -0.840. The summed E-state index contributed by atoms with van der Waals surface area (Å²) in [6.07, 6.45) is 5.23. The number of alkyl halides is 1. The number of halogens is 1. The Morgan fingerprint density at radius 3 is 2.82 bits per heavy atom. The number of hydrogen-bond donors (Lipinski definition) is 1. The molecule has 1 saturated carbocycles. The second-order valence-electron chi connectivity index (χ2n) is 4.89. The Morgan fingerprint density at radius 2 is 2.35 bits per heavy atom. The van der Waals surface area contributed by atoms with Crippen LogP contribution in [0.25, 0.3) is 0 Å². The number of amides is 1. The maximum Gasteiger partial charge on any atom is 0.254 e. The van der Waals surface area contributed by atoms with Crippen LogP contribution in [0.15, 0.2) is 6.20 Å². The molecule has 1 aromatic rings. The minimum atomic E-state index is -0.00329. The Labute approximate surface area is 110 Å². The molecule has 0 radical (unpaired) electrons. The van der Waals surface area contributed by atoms with Crippen LogP contribution in [0.4, 0.5) is 0 Å². The zero-order valence-corrected chi connectivity index (χ0v) is 11.9. The van der Waals surface area contributed by atoms with E-state index in [1.54, 1.807) is 10.9 Å². The number of rotatable bonds is 5. The van der Waals surface area contributed by atoms with Crippen molar-refractivity contribution in [2.75, 3.05) is 11.9 Å². The van der Waals surface area contributed by atoms with Gasteiger partial charge in [0.05, 0.1) is 11.8 Å². The van der Waals surface area contributed by atoms with E-state index in [1.807, 2.05) is 14.0 Å². The van der Waals surface area contributed by atoms with Crippen molar-refractivity contribution in [3.8, 4) is 0 Å². The van der Waals surface area contributed by atoms with Crippen LogP contribution < -0.4 is 5.32 Å². The van der Waals surface area contributed by atoms with Gasteiger partial charge in [0, 0.05) is 24.6 Å². The lowest BCUT2D eigenvalue weighted by molar-refractivity contribution is 0.0943. The zero-order chi connectivity index (χ0) is 12.5. The lowest BCUT2D eigenvalue weighted by atomic mass is 10.0. The Morgan fingerprint density at radius 1 is 1.65 bits per heavy atom. The first-order valence-electron chi connectivity index (χ1n) is 5.91. The molecule has 1 N–H and O–H groups in total. The van der Waals surface area contributed by atoms with Gasteiger partial charge in [-0.15, -0.1) is 0 Å². The molecule has 94 valence electrons. The summed E-state index contributed by atoms with van der Waals surface area (Å²) in [5, 5.41) is 8.12. The Kier molecular flexibility index (Phi) is 3.56. The van der Waals surface area contributed by atoms with Gasteiger partial charge in [-0.05, 0) is 31.6 Å². The third-order valence-electron chi connectivity index (χ3n) is 3.69. The molecule has 1 amide bonds. The summed E-state index contributed by atoms with van der Waals surface area (Å²) in [5.41, 5.74) is 1.95. The van der Waals surface area contributed by atoms with Crippen molar-refractivity contribution in [2.24, 2.45) is 12.5 Å². The molecule has 0 aromatic carbocycles. The number of nitrogens with zero attached hydrogens (tertiary/aromatic N) is 2. The smallest absolute Gasteiger partial charge is 0.254 e. The molecule has 0 atom stereocenters. The first-order chi connectivity index (χ1) is 8.08. The summed E-state index contributed by atoms with van der Waals surface area (Å²) in [6.45, 7) is 2.69. The molecule has 1 aliphatic rings. The summed E-state index contributed by atoms with van der Waals surface area (Å²) in [6, 6.07) is 0. The van der Waals surface area contributed by atoms with Gasteiger partial charge in [0.1, 0.15) is 0 Å². The van der Waals surface area contributed by atoms with E-state index in [-0.39, 0.29) is 5.91 Å². The molecule has 1 aliphatic carbocycles. The fraction of sp³-hybridized carbons (Fsp3) is 0.667. The number of aryl methyl sites for hydroxylation is 1. The molecule has 0 saturated heterocycles. The molecule has 0 spiro atoms. The van der Waals surface area contributed by atoms with E-state index in [2.05, 4.69) is 26.3 Å². The molecule has 17 heavy (non-hydrogen) atoms. The molecule has 1 heterocycles. The molecule has 1 aromatic heterocycles. The minimum absolute atomic E-state index is 0.00329. The highest BCUT2D eigenvalue weighted by atomic mass is 79.9. The summed E-state index contributed by atoms with van der Waals surface area (Å²) in [5.74, 6) is -0.00329. The zero-order valence-electron chi connectivity index (χ0n) is 10.3. The van der Waals surface area contributed by atoms with E-state index < -0.39 is 0 Å². The topological polar surface area (TPSA) is 46.9 Å². The van der Waals surface area contributed by atoms with Crippen molar-refractivity contribution in [3.05, 3.63) is 17.5 Å². The highest BCUT2D eigenvalue weighted by Crippen LogP contribution is 2.48. The molecule has 0 aliphatic heterocycles. The van der Waals surface area contributed by atoms with Crippen LogP contribution in [0.3, 0.4) is 0 Å². The minimum Gasteiger partial charge on any atom is -0.351 e. The average molecular weight is 300 g/mol. The highest BCUT2D eigenvalue weighted by molar-refractivity contribution is 9.09. The third kappa shape index (κ3) is 2.70. The van der Waals surface area contributed by atoms with Gasteiger partial charge in [-0.3, -0.25) is 9.48 Å². The monoisotopic (exact) mass is 299 g/mol. The Bertz CT molecular complexity index is 423. The van der Waals surface area contributed by atoms with Crippen LogP contribution in [-0.2, 0) is 7.05 Å². The normalized spacial score (nSPS) is 16.9. The fourth-order valence-corrected chi connectivity index (χ4v) is 2.82. The van der Waals surface area contributed by atoms with Crippen molar-refractivity contribution < 1.29 is 4.79 Å². The van der Waals surface area contributed by atoms with Gasteiger partial charge in [0.15, 0.2) is 0 Å². The van der Waals surface area contributed by atoms with Crippen molar-refractivity contribution >= 4 is 21.8 Å². The van der Waals surface area contributed by atoms with Gasteiger partial charge >= 0.3 is 0 Å². The SMILES string of the molecule is Cc1c(C(=O)NCC2(CCBr)CC2)cnn1C. The molecule has 5 heteroatoms. The molecular formula is C12H18BrN3O. The highest BCUT2D eigenvalue weighted by Gasteiger charge is 2.41. The number of carbonyl (C=O) groups excluding carboxylic acids is 1. The van der Waals surface area contributed by atoms with E-state index in [1.165, 1.54) is 12.8 Å². The predicted molar refractivity (Wildman–Crippen MR) is 70.4 cm³/mol. The van der Waals surface area contributed by atoms with E-state index in [0.717, 1.165) is 24.0 Å². The van der Waals surface area contributed by atoms with E-state index in [0.29, 0.717) is 11.0 Å². The van der Waals surface area contributed by atoms with Gasteiger partial charge < -0.3 is 5.32 Å². The first-order valence-corrected chi connectivity index (χ1v) is 7.03. The van der Waals surface area contributed by atoms with Gasteiger partial charge in [-0.2, -0.15) is 5.10 Å². The Balaban J connectivity index is 1.92. The van der Waals surface area contributed by atoms with Crippen LogP contribution in [0, 0.1) is 12.3 Å². The largest absolute Gasteiger partial charge is 0.351 e. The summed E-state index contributed by atoms with van der Waals surface area (Å²) in [7, 11) is 1.85. The average Bonchev–Trinajstić information content (AvgIpc) is 2.99. The maximum atomic E-state index is 12.0. The molecular weight excluding hydrogens is 282 g/mol. The fourth-order valence-electron chi connectivity index (χ4n) is 1.98. The standard InChI is InChI=1S/C12H18BrN3O/c1-9-10(7-15-16(9)2)11(17)14-8-12(3-4-12)5-6-13/h7H,3-6,8H2,1-2H3,(H,14,17). The van der Waals surface area contributed by atoms with Crippen LogP contribution in [0.2, 0.25) is 0 Å². The summed E-state index contributed by atoms with van der Waals surface area (Å²) in [4.78, 5) is 12.0. The predicted octanol–water partition coefficient (Wildman–Crippen LogP) is 2.02. The first kappa shape index (κ1) is 12.6.